The molecule has 1 aromatic heterocycles. The predicted molar refractivity (Wildman–Crippen MR) is 77.0 cm³/mol. The van der Waals surface area contributed by atoms with Gasteiger partial charge in [-0.25, -0.2) is 4.79 Å². The molecule has 22 heavy (non-hydrogen) atoms. The molecule has 0 saturated heterocycles. The molecule has 2 aliphatic carbocycles. The molecule has 0 aliphatic heterocycles. The Labute approximate surface area is 130 Å². The molecule has 6 nitrogen and oxygen atoms in total. The zero-order valence-corrected chi connectivity index (χ0v) is 12.6. The molecule has 3 rings (SSSR count). The number of anilines is 1. The highest BCUT2D eigenvalue weighted by molar-refractivity contribution is 7.12. The van der Waals surface area contributed by atoms with Crippen molar-refractivity contribution in [3.8, 4) is 0 Å². The van der Waals surface area contributed by atoms with Gasteiger partial charge in [0.15, 0.2) is 0 Å². The number of thiophene rings is 1. The smallest absolute Gasteiger partial charge is 0.350 e. The third-order valence-corrected chi connectivity index (χ3v) is 5.22. The summed E-state index contributed by atoms with van der Waals surface area (Å²) in [5.74, 6) is -3.83. The standard InChI is InChI=1S/C15H15NO5S/c1-21-15(20)12-9(4-5-22-12)16-13(17)10-7-2-3-8(6-7)11(10)14(18)19/h2-5,7-8,10-11H,6H2,1H3,(H,16,17)(H,18,19)/p-1/t7-,8-,10+,11+/m0/s1. The number of methoxy groups -OCH3 is 1. The Morgan fingerprint density at radius 1 is 1.27 bits per heavy atom. The number of ether oxygens (including phenoxy) is 1. The maximum absolute atomic E-state index is 12.5. The van der Waals surface area contributed by atoms with E-state index in [0.29, 0.717) is 17.0 Å². The van der Waals surface area contributed by atoms with Crippen molar-refractivity contribution in [2.24, 2.45) is 23.7 Å². The van der Waals surface area contributed by atoms with Crippen molar-refractivity contribution in [1.29, 1.82) is 0 Å². The first-order chi connectivity index (χ1) is 10.5. The molecule has 1 saturated carbocycles. The highest BCUT2D eigenvalue weighted by Crippen LogP contribution is 2.48. The Balaban J connectivity index is 1.80. The van der Waals surface area contributed by atoms with Crippen LogP contribution in [0.15, 0.2) is 23.6 Å². The quantitative estimate of drug-likeness (QED) is 0.649. The lowest BCUT2D eigenvalue weighted by Crippen LogP contribution is -2.42. The summed E-state index contributed by atoms with van der Waals surface area (Å²) < 4.78 is 4.66. The van der Waals surface area contributed by atoms with E-state index < -0.39 is 29.7 Å². The number of allylic oxidation sites excluding steroid dienone is 2. The lowest BCUT2D eigenvalue weighted by atomic mass is 9.82. The summed E-state index contributed by atoms with van der Waals surface area (Å²) in [4.78, 5) is 35.7. The molecular formula is C15H14NO5S-. The predicted octanol–water partition coefficient (Wildman–Crippen LogP) is 0.661. The van der Waals surface area contributed by atoms with Gasteiger partial charge in [-0.05, 0) is 29.7 Å². The van der Waals surface area contributed by atoms with Gasteiger partial charge >= 0.3 is 5.97 Å². The van der Waals surface area contributed by atoms with Gasteiger partial charge in [0, 0.05) is 11.9 Å². The zero-order valence-electron chi connectivity index (χ0n) is 11.8. The van der Waals surface area contributed by atoms with E-state index in [9.17, 15) is 19.5 Å². The third-order valence-electron chi connectivity index (χ3n) is 4.33. The summed E-state index contributed by atoms with van der Waals surface area (Å²) in [6, 6.07) is 1.60. The average Bonchev–Trinajstić information content (AvgIpc) is 3.20. The molecule has 1 heterocycles. The molecule has 2 bridgehead atoms. The number of carbonyl (C=O) groups is 3. The number of fused-ring (bicyclic) bond motifs is 2. The van der Waals surface area contributed by atoms with E-state index in [1.807, 2.05) is 12.2 Å². The van der Waals surface area contributed by atoms with Gasteiger partial charge in [0.25, 0.3) is 0 Å². The van der Waals surface area contributed by atoms with E-state index in [1.54, 1.807) is 11.4 Å². The van der Waals surface area contributed by atoms with E-state index in [0.717, 1.165) is 11.3 Å². The normalized spacial score (nSPS) is 28.6. The average molecular weight is 320 g/mol. The monoisotopic (exact) mass is 320 g/mol. The minimum Gasteiger partial charge on any atom is -0.550 e. The number of nitrogens with one attached hydrogen (secondary N) is 1. The lowest BCUT2D eigenvalue weighted by Gasteiger charge is -2.27. The Morgan fingerprint density at radius 2 is 1.95 bits per heavy atom. The van der Waals surface area contributed by atoms with Crippen LogP contribution in [0.1, 0.15) is 16.1 Å². The Kier molecular flexibility index (Phi) is 3.74. The van der Waals surface area contributed by atoms with Crippen molar-refractivity contribution in [3.63, 3.8) is 0 Å². The second kappa shape index (κ2) is 5.57. The van der Waals surface area contributed by atoms with Crippen LogP contribution in [0.2, 0.25) is 0 Å². The van der Waals surface area contributed by atoms with Crippen LogP contribution in [0.4, 0.5) is 5.69 Å². The SMILES string of the molecule is COC(=O)c1sccc1NC(=O)[C@H]1[C@H](C(=O)[O-])[C@H]2C=C[C@H]1C2. The van der Waals surface area contributed by atoms with Gasteiger partial charge in [0.2, 0.25) is 5.91 Å². The Bertz CT molecular complexity index is 665. The fourth-order valence-corrected chi connectivity index (χ4v) is 4.14. The van der Waals surface area contributed by atoms with E-state index in [-0.39, 0.29) is 11.8 Å². The number of hydrogen-bond donors (Lipinski definition) is 1. The Morgan fingerprint density at radius 3 is 2.59 bits per heavy atom. The molecule has 4 atom stereocenters. The van der Waals surface area contributed by atoms with Gasteiger partial charge in [-0.2, -0.15) is 0 Å². The number of esters is 1. The molecule has 0 unspecified atom stereocenters. The molecule has 116 valence electrons. The molecule has 0 radical (unpaired) electrons. The first kappa shape index (κ1) is 14.8. The fraction of sp³-hybridized carbons (Fsp3) is 0.400. The number of rotatable bonds is 4. The van der Waals surface area contributed by atoms with Crippen molar-refractivity contribution in [1.82, 2.24) is 0 Å². The summed E-state index contributed by atoms with van der Waals surface area (Å²) >= 11 is 1.16. The van der Waals surface area contributed by atoms with Crippen molar-refractivity contribution < 1.29 is 24.2 Å². The second-order valence-electron chi connectivity index (χ2n) is 5.46. The van der Waals surface area contributed by atoms with Crippen molar-refractivity contribution in [2.45, 2.75) is 6.42 Å². The third kappa shape index (κ3) is 2.31. The summed E-state index contributed by atoms with van der Waals surface area (Å²) in [5, 5.41) is 15.7. The van der Waals surface area contributed by atoms with Crippen LogP contribution in [0, 0.1) is 23.7 Å². The maximum Gasteiger partial charge on any atom is 0.350 e. The molecule has 1 fully saturated rings. The van der Waals surface area contributed by atoms with Crippen LogP contribution in [0.25, 0.3) is 0 Å². The summed E-state index contributed by atoms with van der Waals surface area (Å²) in [6.45, 7) is 0. The molecular weight excluding hydrogens is 306 g/mol. The van der Waals surface area contributed by atoms with E-state index in [4.69, 9.17) is 0 Å². The second-order valence-corrected chi connectivity index (χ2v) is 6.38. The minimum absolute atomic E-state index is 0.0897. The molecule has 1 amide bonds. The minimum atomic E-state index is -1.20. The van der Waals surface area contributed by atoms with E-state index in [2.05, 4.69) is 10.1 Å². The van der Waals surface area contributed by atoms with Crippen molar-refractivity contribution in [2.75, 3.05) is 12.4 Å². The molecule has 2 aliphatic rings. The number of carboxylic acid groups (broad SMARTS) is 1. The number of amides is 1. The van der Waals surface area contributed by atoms with Crippen LogP contribution >= 0.6 is 11.3 Å². The van der Waals surface area contributed by atoms with Gasteiger partial charge in [-0.3, -0.25) is 4.79 Å². The Hall–Kier alpha value is -2.15. The first-order valence-electron chi connectivity index (χ1n) is 6.88. The highest BCUT2D eigenvalue weighted by Gasteiger charge is 2.48. The lowest BCUT2D eigenvalue weighted by molar-refractivity contribution is -0.313. The van der Waals surface area contributed by atoms with Gasteiger partial charge in [-0.1, -0.05) is 12.2 Å². The van der Waals surface area contributed by atoms with Gasteiger partial charge in [0.1, 0.15) is 4.88 Å². The largest absolute Gasteiger partial charge is 0.550 e. The van der Waals surface area contributed by atoms with Gasteiger partial charge in [0.05, 0.1) is 18.7 Å². The van der Waals surface area contributed by atoms with Gasteiger partial charge < -0.3 is 20.0 Å². The molecule has 1 N–H and O–H groups in total. The van der Waals surface area contributed by atoms with Crippen LogP contribution in [-0.4, -0.2) is 25.0 Å². The van der Waals surface area contributed by atoms with Crippen LogP contribution in [0.3, 0.4) is 0 Å². The number of hydrogen-bond acceptors (Lipinski definition) is 6. The highest BCUT2D eigenvalue weighted by atomic mass is 32.1. The molecule has 0 aromatic carbocycles. The summed E-state index contributed by atoms with van der Waals surface area (Å²) in [7, 11) is 1.26. The summed E-state index contributed by atoms with van der Waals surface area (Å²) in [5.41, 5.74) is 0.353. The number of carbonyl (C=O) groups excluding carboxylic acids is 3. The number of aliphatic carboxylic acids is 1. The van der Waals surface area contributed by atoms with Crippen LogP contribution < -0.4 is 10.4 Å². The summed E-state index contributed by atoms with van der Waals surface area (Å²) in [6.07, 6.45) is 4.40. The van der Waals surface area contributed by atoms with Crippen LogP contribution in [-0.2, 0) is 14.3 Å². The number of carboxylic acids is 1. The molecule has 7 heteroatoms. The zero-order chi connectivity index (χ0) is 15.9. The van der Waals surface area contributed by atoms with Crippen molar-refractivity contribution >= 4 is 34.9 Å². The van der Waals surface area contributed by atoms with Gasteiger partial charge in [-0.15, -0.1) is 11.3 Å². The topological polar surface area (TPSA) is 95.5 Å². The first-order valence-corrected chi connectivity index (χ1v) is 7.76. The van der Waals surface area contributed by atoms with E-state index >= 15 is 0 Å². The van der Waals surface area contributed by atoms with E-state index in [1.165, 1.54) is 7.11 Å². The van der Waals surface area contributed by atoms with Crippen LogP contribution in [0.5, 0.6) is 0 Å². The maximum atomic E-state index is 12.5. The molecule has 1 aromatic rings. The fourth-order valence-electron chi connectivity index (χ4n) is 3.38. The molecule has 0 spiro atoms. The van der Waals surface area contributed by atoms with Crippen molar-refractivity contribution in [3.05, 3.63) is 28.5 Å².